The zero-order valence-electron chi connectivity index (χ0n) is 13.3. The summed E-state index contributed by atoms with van der Waals surface area (Å²) >= 11 is 0. The van der Waals surface area contributed by atoms with Crippen molar-refractivity contribution in [2.75, 3.05) is 0 Å². The van der Waals surface area contributed by atoms with Crippen LogP contribution in [0.2, 0.25) is 0 Å². The number of aryl methyl sites for hydroxylation is 1. The maximum absolute atomic E-state index is 4.47. The highest BCUT2D eigenvalue weighted by atomic mass is 32.2. The first-order chi connectivity index (χ1) is 10.5. The summed E-state index contributed by atoms with van der Waals surface area (Å²) in [6.07, 6.45) is 8.44. The molecule has 0 spiro atoms. The van der Waals surface area contributed by atoms with Crippen LogP contribution in [0.5, 0.6) is 0 Å². The van der Waals surface area contributed by atoms with Gasteiger partial charge in [0.2, 0.25) is 0 Å². The third-order valence-electron chi connectivity index (χ3n) is 4.54. The van der Waals surface area contributed by atoms with E-state index < -0.39 is 9.39 Å². The first-order valence-electron chi connectivity index (χ1n) is 7.89. The molecule has 2 aromatic rings. The summed E-state index contributed by atoms with van der Waals surface area (Å²) in [5.74, 6) is 8.86. The summed E-state index contributed by atoms with van der Waals surface area (Å²) < 4.78 is 3.75. The number of benzene rings is 1. The Morgan fingerprint density at radius 3 is 2.64 bits per heavy atom. The zero-order valence-corrected chi connectivity index (χ0v) is 15.2. The first kappa shape index (κ1) is 16.0. The maximum Gasteiger partial charge on any atom is 0.0451 e. The number of hydrogen-bond acceptors (Lipinski definition) is 2. The second-order valence-corrected chi connectivity index (χ2v) is 9.44. The number of nitrogens with zero attached hydrogens (tertiary/aromatic N) is 1. The summed E-state index contributed by atoms with van der Waals surface area (Å²) in [6.45, 7) is 2.06. The second-order valence-electron chi connectivity index (χ2n) is 6.34. The Hall–Kier alpha value is -0.890. The van der Waals surface area contributed by atoms with Gasteiger partial charge in [0, 0.05) is 28.2 Å². The Morgan fingerprint density at radius 2 is 1.91 bits per heavy atom. The van der Waals surface area contributed by atoms with Crippen LogP contribution in [-0.4, -0.2) is 22.8 Å². The largest absolute Gasteiger partial charge is 0.268 e. The van der Waals surface area contributed by atoms with Gasteiger partial charge in [0.1, 0.15) is 0 Å². The molecule has 1 N–H and O–H groups in total. The van der Waals surface area contributed by atoms with E-state index in [4.69, 9.17) is 0 Å². The lowest BCUT2D eigenvalue weighted by Gasteiger charge is -2.28. The molecule has 0 amide bonds. The van der Waals surface area contributed by atoms with Gasteiger partial charge in [-0.15, -0.1) is 18.6 Å². The van der Waals surface area contributed by atoms with Crippen molar-refractivity contribution in [3.05, 3.63) is 30.1 Å². The molecule has 1 aliphatic carbocycles. The normalized spacial score (nSPS) is 17.0. The fraction of sp³-hybridized carbons (Fsp3) is 0.389. The Bertz CT molecular complexity index is 790. The highest BCUT2D eigenvalue weighted by Gasteiger charge is 2.15. The molecule has 1 aliphatic rings. The van der Waals surface area contributed by atoms with Crippen molar-refractivity contribution in [3.63, 3.8) is 0 Å². The molecule has 1 aromatic carbocycles. The van der Waals surface area contributed by atoms with Crippen LogP contribution in [-0.2, 0) is 0 Å². The van der Waals surface area contributed by atoms with E-state index in [0.29, 0.717) is 6.04 Å². The molecule has 1 fully saturated rings. The van der Waals surface area contributed by atoms with Gasteiger partial charge in [-0.05, 0) is 42.6 Å². The number of aromatic nitrogens is 1. The Balaban J connectivity index is 1.96. The van der Waals surface area contributed by atoms with Crippen molar-refractivity contribution in [2.24, 2.45) is 0 Å². The third kappa shape index (κ3) is 3.22. The van der Waals surface area contributed by atoms with E-state index in [2.05, 4.69) is 55.8 Å². The van der Waals surface area contributed by atoms with E-state index in [9.17, 15) is 0 Å². The van der Waals surface area contributed by atoms with Crippen LogP contribution >= 0.6 is 18.6 Å². The van der Waals surface area contributed by atoms with Crippen LogP contribution in [0, 0.1) is 6.92 Å². The molecule has 1 atom stereocenters. The van der Waals surface area contributed by atoms with Crippen LogP contribution < -0.4 is 10.0 Å². The van der Waals surface area contributed by atoms with E-state index in [-0.39, 0.29) is 0 Å². The van der Waals surface area contributed by atoms with Gasteiger partial charge in [-0.3, -0.25) is 9.71 Å². The molecule has 1 saturated carbocycles. The van der Waals surface area contributed by atoms with Crippen molar-refractivity contribution in [2.45, 2.75) is 50.0 Å². The maximum atomic E-state index is 4.47. The van der Waals surface area contributed by atoms with Gasteiger partial charge in [0.25, 0.3) is 0 Å². The molecule has 2 nitrogen and oxygen atoms in total. The average Bonchev–Trinajstić information content (AvgIpc) is 2.51. The van der Waals surface area contributed by atoms with Gasteiger partial charge in [-0.25, -0.2) is 0 Å². The van der Waals surface area contributed by atoms with Gasteiger partial charge in [0.05, 0.1) is 0 Å². The van der Waals surface area contributed by atoms with Gasteiger partial charge in [-0.2, -0.15) is 0 Å². The fourth-order valence-corrected chi connectivity index (χ4v) is 5.24. The smallest absolute Gasteiger partial charge is 0.0451 e. The third-order valence-corrected chi connectivity index (χ3v) is 6.94. The summed E-state index contributed by atoms with van der Waals surface area (Å²) in [5.41, 5.74) is 1.07. The Labute approximate surface area is 136 Å². The van der Waals surface area contributed by atoms with Crippen LogP contribution in [0.1, 0.15) is 37.8 Å². The monoisotopic (exact) mass is 332 g/mol. The Morgan fingerprint density at radius 1 is 1.18 bits per heavy atom. The van der Waals surface area contributed by atoms with E-state index in [1.807, 2.05) is 6.20 Å². The molecule has 4 heteroatoms. The Kier molecular flexibility index (Phi) is 4.59. The fourth-order valence-electron chi connectivity index (χ4n) is 3.23. The predicted octanol–water partition coefficient (Wildman–Crippen LogP) is 3.91. The minimum atomic E-state index is -1.47. The number of fused-ring (bicyclic) bond motifs is 1. The molecule has 3 rings (SSSR count). The quantitative estimate of drug-likeness (QED) is 0.681. The van der Waals surface area contributed by atoms with Crippen molar-refractivity contribution in [1.29, 1.82) is 0 Å². The highest BCUT2D eigenvalue weighted by molar-refractivity contribution is 8.26. The molecule has 1 heterocycles. The highest BCUT2D eigenvalue weighted by Crippen LogP contribution is 2.33. The molecular weight excluding hydrogens is 307 g/mol. The minimum Gasteiger partial charge on any atom is -0.268 e. The van der Waals surface area contributed by atoms with Gasteiger partial charge in [-0.1, -0.05) is 37.1 Å². The lowest BCUT2D eigenvalue weighted by molar-refractivity contribution is 0.423. The minimum absolute atomic E-state index is 0.571. The van der Waals surface area contributed by atoms with Crippen LogP contribution in [0.4, 0.5) is 0 Å². The number of pyridine rings is 1. The van der Waals surface area contributed by atoms with E-state index in [0.717, 1.165) is 11.0 Å². The zero-order chi connectivity index (χ0) is 15.7. The van der Waals surface area contributed by atoms with E-state index in [1.165, 1.54) is 47.8 Å². The molecule has 0 bridgehead atoms. The number of rotatable bonds is 3. The second kappa shape index (κ2) is 6.31. The molecule has 118 valence electrons. The van der Waals surface area contributed by atoms with Gasteiger partial charge < -0.3 is 0 Å². The van der Waals surface area contributed by atoms with Crippen LogP contribution in [0.25, 0.3) is 10.8 Å². The first-order valence-corrected chi connectivity index (χ1v) is 10.4. The average molecular weight is 332 g/mol. The molecule has 0 saturated heterocycles. The van der Waals surface area contributed by atoms with Crippen molar-refractivity contribution < 1.29 is 0 Å². The van der Waals surface area contributed by atoms with E-state index >= 15 is 0 Å². The number of nitrogens with one attached hydrogen (secondary N) is 1. The van der Waals surface area contributed by atoms with Crippen molar-refractivity contribution >= 4 is 46.4 Å². The molecule has 0 aliphatic heterocycles. The summed E-state index contributed by atoms with van der Waals surface area (Å²) in [4.78, 5) is 5.69. The standard InChI is InChI=1S/C18H25N2PS/c1-13-17-11-15(9-10-16(17)18(21)12-19-13)22(2,3)20-14-7-5-4-6-8-14/h9-12,14,20H,2-8,21H2,1H3. The van der Waals surface area contributed by atoms with Crippen molar-refractivity contribution in [1.82, 2.24) is 9.71 Å². The van der Waals surface area contributed by atoms with Crippen LogP contribution in [0.15, 0.2) is 29.3 Å². The van der Waals surface area contributed by atoms with Crippen LogP contribution in [0.3, 0.4) is 0 Å². The molecular formula is C18H25N2PS. The lowest BCUT2D eigenvalue weighted by atomic mass is 9.96. The summed E-state index contributed by atoms with van der Waals surface area (Å²) in [5, 5.41) is 3.59. The summed E-state index contributed by atoms with van der Waals surface area (Å²) in [7, 11) is 1.30. The lowest BCUT2D eigenvalue weighted by Crippen LogP contribution is -2.28. The molecule has 22 heavy (non-hydrogen) atoms. The topological polar surface area (TPSA) is 24.9 Å². The van der Waals surface area contributed by atoms with Crippen molar-refractivity contribution in [3.8, 4) is 0 Å². The van der Waals surface area contributed by atoms with Gasteiger partial charge in [0.15, 0.2) is 0 Å². The molecule has 0 radical (unpaired) electrons. The van der Waals surface area contributed by atoms with Gasteiger partial charge >= 0.3 is 0 Å². The SMILES string of the molecule is C=S(=C)(NC1CCCCC1)c1ccc2c(P)cnc(C)c2c1. The predicted molar refractivity (Wildman–Crippen MR) is 106 cm³/mol. The van der Waals surface area contributed by atoms with E-state index in [1.54, 1.807) is 0 Å². The number of hydrogen-bond donors (Lipinski definition) is 1. The molecule has 1 aromatic heterocycles. The summed E-state index contributed by atoms with van der Waals surface area (Å²) in [6, 6.07) is 7.17. The molecule has 1 unspecified atom stereocenters.